The first-order chi connectivity index (χ1) is 31.8. The lowest BCUT2D eigenvalue weighted by molar-refractivity contribution is 1.60. The molecule has 0 heteroatoms. The highest BCUT2D eigenvalue weighted by Gasteiger charge is 2.24. The van der Waals surface area contributed by atoms with E-state index in [0.717, 1.165) is 0 Å². The van der Waals surface area contributed by atoms with E-state index in [1.54, 1.807) is 0 Å². The molecule has 0 heterocycles. The third-order valence-electron chi connectivity index (χ3n) is 13.1. The van der Waals surface area contributed by atoms with E-state index in [9.17, 15) is 0 Å². The van der Waals surface area contributed by atoms with Crippen molar-refractivity contribution in [2.45, 2.75) is 0 Å². The van der Waals surface area contributed by atoms with Gasteiger partial charge in [-0.1, -0.05) is 255 Å². The molecule has 0 aliphatic rings. The van der Waals surface area contributed by atoms with Crippen LogP contribution in [-0.2, 0) is 0 Å². The van der Waals surface area contributed by atoms with Crippen LogP contribution in [0.15, 0.2) is 255 Å². The molecule has 0 saturated carbocycles. The summed E-state index contributed by atoms with van der Waals surface area (Å²) >= 11 is 0. The Morgan fingerprint density at radius 3 is 0.719 bits per heavy atom. The fourth-order valence-electron chi connectivity index (χ4n) is 10.3. The Hall–Kier alpha value is -8.32. The zero-order chi connectivity index (χ0) is 42.4. The summed E-state index contributed by atoms with van der Waals surface area (Å²) in [6, 6.07) is 93.7. The molecule has 0 N–H and O–H groups in total. The Kier molecular flexibility index (Phi) is 9.28. The van der Waals surface area contributed by atoms with Crippen LogP contribution in [0, 0.1) is 0 Å². The Bertz CT molecular complexity index is 3400. The average molecular weight is 811 g/mol. The zero-order valence-electron chi connectivity index (χ0n) is 35.2. The third-order valence-corrected chi connectivity index (χ3v) is 13.1. The van der Waals surface area contributed by atoms with E-state index in [1.807, 2.05) is 0 Å². The standard InChI is InChI=1S/C64H42/c1-5-19-43(20-6-1)45-35-39-49(40-36-45)61-53-29-15-13-27-51(53)59(47-23-9-3-10-24-47)57-33-17-31-55(63(57)61)56-32-18-34-58-60(48-25-11-4-12-26-48)52-28-14-16-30-54(52)62(64(56)58)50-41-37-46(38-42-50)44-21-7-2-8-22-44/h1-42H. The van der Waals surface area contributed by atoms with Crippen molar-refractivity contribution in [1.82, 2.24) is 0 Å². The van der Waals surface area contributed by atoms with E-state index in [-0.39, 0.29) is 0 Å². The lowest BCUT2D eigenvalue weighted by atomic mass is 9.79. The number of benzene rings is 12. The van der Waals surface area contributed by atoms with Gasteiger partial charge in [0, 0.05) is 0 Å². The molecule has 0 atom stereocenters. The van der Waals surface area contributed by atoms with Crippen molar-refractivity contribution in [2.75, 3.05) is 0 Å². The van der Waals surface area contributed by atoms with Crippen molar-refractivity contribution >= 4 is 43.1 Å². The van der Waals surface area contributed by atoms with Crippen LogP contribution in [0.1, 0.15) is 0 Å². The predicted octanol–water partition coefficient (Wildman–Crippen LogP) is 18.0. The minimum atomic E-state index is 1.19. The number of hydrogen-bond acceptors (Lipinski definition) is 0. The highest BCUT2D eigenvalue weighted by atomic mass is 14.3. The van der Waals surface area contributed by atoms with E-state index in [2.05, 4.69) is 255 Å². The number of fused-ring (bicyclic) bond motifs is 4. The molecule has 0 aliphatic carbocycles. The summed E-state index contributed by atoms with van der Waals surface area (Å²) in [7, 11) is 0. The van der Waals surface area contributed by atoms with Crippen molar-refractivity contribution < 1.29 is 0 Å². The maximum atomic E-state index is 2.36. The van der Waals surface area contributed by atoms with E-state index in [1.165, 1.54) is 121 Å². The van der Waals surface area contributed by atoms with E-state index in [4.69, 9.17) is 0 Å². The SMILES string of the molecule is c1ccc(-c2ccc(-c3c4ccccc4c(-c4ccccc4)c4cccc(-c5cccc6c(-c7ccccc7)c7ccccc7c(-c7ccc(-c8ccccc8)cc7)c56)c34)cc2)cc1. The molecule has 0 bridgehead atoms. The van der Waals surface area contributed by atoms with Crippen LogP contribution in [-0.4, -0.2) is 0 Å². The van der Waals surface area contributed by atoms with Crippen LogP contribution in [0.4, 0.5) is 0 Å². The lowest BCUT2D eigenvalue weighted by Crippen LogP contribution is -1.96. The van der Waals surface area contributed by atoms with Crippen LogP contribution >= 0.6 is 0 Å². The third kappa shape index (κ3) is 6.31. The topological polar surface area (TPSA) is 0 Å². The predicted molar refractivity (Wildman–Crippen MR) is 275 cm³/mol. The Labute approximate surface area is 374 Å². The molecule has 0 spiro atoms. The van der Waals surface area contributed by atoms with E-state index in [0.29, 0.717) is 0 Å². The van der Waals surface area contributed by atoms with Gasteiger partial charge in [0.2, 0.25) is 0 Å². The quantitative estimate of drug-likeness (QED) is 0.141. The Morgan fingerprint density at radius 1 is 0.141 bits per heavy atom. The number of hydrogen-bond donors (Lipinski definition) is 0. The van der Waals surface area contributed by atoms with Gasteiger partial charge in [0.25, 0.3) is 0 Å². The van der Waals surface area contributed by atoms with Crippen LogP contribution < -0.4 is 0 Å². The molecular formula is C64H42. The molecule has 0 aromatic heterocycles. The highest BCUT2D eigenvalue weighted by molar-refractivity contribution is 6.29. The molecule has 12 aromatic carbocycles. The van der Waals surface area contributed by atoms with Crippen molar-refractivity contribution in [3.05, 3.63) is 255 Å². The maximum absolute atomic E-state index is 2.36. The molecule has 12 aromatic rings. The van der Waals surface area contributed by atoms with Gasteiger partial charge >= 0.3 is 0 Å². The minimum Gasteiger partial charge on any atom is -0.0622 e. The normalized spacial score (nSPS) is 11.4. The molecular weight excluding hydrogens is 769 g/mol. The van der Waals surface area contributed by atoms with Gasteiger partial charge in [0.15, 0.2) is 0 Å². The van der Waals surface area contributed by atoms with Gasteiger partial charge < -0.3 is 0 Å². The largest absolute Gasteiger partial charge is 0.0622 e. The summed E-state index contributed by atoms with van der Waals surface area (Å²) in [6.07, 6.45) is 0. The van der Waals surface area contributed by atoms with Gasteiger partial charge in [-0.25, -0.2) is 0 Å². The first-order valence-electron chi connectivity index (χ1n) is 22.2. The maximum Gasteiger partial charge on any atom is -0.00139 e. The van der Waals surface area contributed by atoms with E-state index >= 15 is 0 Å². The van der Waals surface area contributed by atoms with Crippen LogP contribution in [0.3, 0.4) is 0 Å². The molecule has 0 amide bonds. The summed E-state index contributed by atoms with van der Waals surface area (Å²) in [4.78, 5) is 0. The van der Waals surface area contributed by atoms with Gasteiger partial charge in [-0.05, 0) is 121 Å². The van der Waals surface area contributed by atoms with E-state index < -0.39 is 0 Å². The number of rotatable bonds is 7. The zero-order valence-corrected chi connectivity index (χ0v) is 35.2. The van der Waals surface area contributed by atoms with Gasteiger partial charge in [-0.2, -0.15) is 0 Å². The van der Waals surface area contributed by atoms with Crippen LogP contribution in [0.5, 0.6) is 0 Å². The minimum absolute atomic E-state index is 1.19. The molecule has 0 saturated heterocycles. The van der Waals surface area contributed by atoms with Gasteiger partial charge in [-0.3, -0.25) is 0 Å². The average Bonchev–Trinajstić information content (AvgIpc) is 3.38. The lowest BCUT2D eigenvalue weighted by Gasteiger charge is -2.23. The highest BCUT2D eigenvalue weighted by Crippen LogP contribution is 2.51. The van der Waals surface area contributed by atoms with Gasteiger partial charge in [-0.15, -0.1) is 0 Å². The van der Waals surface area contributed by atoms with Gasteiger partial charge in [0.05, 0.1) is 0 Å². The van der Waals surface area contributed by atoms with Crippen molar-refractivity contribution in [3.63, 3.8) is 0 Å². The molecule has 0 aliphatic heterocycles. The molecule has 0 unspecified atom stereocenters. The summed E-state index contributed by atoms with van der Waals surface area (Å²) in [5.74, 6) is 0. The molecule has 0 radical (unpaired) electrons. The summed E-state index contributed by atoms with van der Waals surface area (Å²) in [5, 5.41) is 9.94. The fourth-order valence-corrected chi connectivity index (χ4v) is 10.3. The smallest absolute Gasteiger partial charge is 0.00139 e. The molecule has 0 nitrogen and oxygen atoms in total. The van der Waals surface area contributed by atoms with Crippen LogP contribution in [0.2, 0.25) is 0 Å². The Morgan fingerprint density at radius 2 is 0.375 bits per heavy atom. The second-order valence-corrected chi connectivity index (χ2v) is 16.7. The Balaban J connectivity index is 1.23. The summed E-state index contributed by atoms with van der Waals surface area (Å²) in [6.45, 7) is 0. The van der Waals surface area contributed by atoms with Crippen molar-refractivity contribution in [3.8, 4) is 77.9 Å². The molecule has 64 heavy (non-hydrogen) atoms. The van der Waals surface area contributed by atoms with Gasteiger partial charge in [0.1, 0.15) is 0 Å². The summed E-state index contributed by atoms with van der Waals surface area (Å²) in [5.41, 5.74) is 17.1. The summed E-state index contributed by atoms with van der Waals surface area (Å²) < 4.78 is 0. The van der Waals surface area contributed by atoms with Crippen molar-refractivity contribution in [2.24, 2.45) is 0 Å². The molecule has 0 fully saturated rings. The first-order valence-corrected chi connectivity index (χ1v) is 22.2. The molecule has 298 valence electrons. The second-order valence-electron chi connectivity index (χ2n) is 16.7. The monoisotopic (exact) mass is 810 g/mol. The fraction of sp³-hybridized carbons (Fsp3) is 0. The van der Waals surface area contributed by atoms with Crippen molar-refractivity contribution in [1.29, 1.82) is 0 Å². The second kappa shape index (κ2) is 15.9. The first kappa shape index (κ1) is 37.4. The molecule has 12 rings (SSSR count). The van der Waals surface area contributed by atoms with Crippen LogP contribution in [0.25, 0.3) is 121 Å².